The molecule has 0 aliphatic rings. The zero-order chi connectivity index (χ0) is 12.1. The van der Waals surface area contributed by atoms with Crippen molar-refractivity contribution in [1.82, 2.24) is 4.98 Å². The summed E-state index contributed by atoms with van der Waals surface area (Å²) in [5, 5.41) is 8.41. The van der Waals surface area contributed by atoms with Crippen LogP contribution in [-0.4, -0.2) is 16.1 Å². The van der Waals surface area contributed by atoms with Crippen LogP contribution in [0.3, 0.4) is 0 Å². The maximum absolute atomic E-state index is 10.3. The molecule has 0 spiro atoms. The number of carboxylic acids is 1. The fourth-order valence-electron chi connectivity index (χ4n) is 1.39. The monoisotopic (exact) mass is 223 g/mol. The predicted molar refractivity (Wildman–Crippen MR) is 64.2 cm³/mol. The Balaban J connectivity index is 2.26. The van der Waals surface area contributed by atoms with Crippen LogP contribution in [0.5, 0.6) is 0 Å². The number of hydrogen-bond acceptors (Lipinski definition) is 2. The molecule has 0 saturated heterocycles. The summed E-state index contributed by atoms with van der Waals surface area (Å²) in [5.74, 6) is 3.33. The van der Waals surface area contributed by atoms with E-state index in [9.17, 15) is 4.79 Å². The minimum atomic E-state index is -1.15. The molecule has 0 aliphatic carbocycles. The van der Waals surface area contributed by atoms with Crippen molar-refractivity contribution in [1.29, 1.82) is 0 Å². The van der Waals surface area contributed by atoms with Crippen LogP contribution in [0.2, 0.25) is 0 Å². The van der Waals surface area contributed by atoms with Gasteiger partial charge in [0.1, 0.15) is 5.69 Å². The molecule has 1 aromatic carbocycles. The van der Waals surface area contributed by atoms with Crippen molar-refractivity contribution in [2.24, 2.45) is 0 Å². The SMILES string of the molecule is O=C(O)C#Cc1ccc(-c2ccccc2)cn1. The quantitative estimate of drug-likeness (QED) is 0.754. The molecule has 1 aromatic heterocycles. The third-order valence-corrected chi connectivity index (χ3v) is 2.17. The fraction of sp³-hybridized carbons (Fsp3) is 0. The number of carbonyl (C=O) groups is 1. The number of carboxylic acid groups (broad SMARTS) is 1. The van der Waals surface area contributed by atoms with Crippen LogP contribution in [0.4, 0.5) is 0 Å². The third kappa shape index (κ3) is 2.93. The lowest BCUT2D eigenvalue weighted by atomic mass is 10.1. The predicted octanol–water partition coefficient (Wildman–Crippen LogP) is 2.18. The van der Waals surface area contributed by atoms with Crippen LogP contribution in [0, 0.1) is 11.8 Å². The molecule has 82 valence electrons. The van der Waals surface area contributed by atoms with E-state index in [4.69, 9.17) is 5.11 Å². The van der Waals surface area contributed by atoms with Crippen molar-refractivity contribution in [3.63, 3.8) is 0 Å². The highest BCUT2D eigenvalue weighted by Crippen LogP contribution is 2.17. The van der Waals surface area contributed by atoms with E-state index in [0.29, 0.717) is 5.69 Å². The molecule has 2 aromatic rings. The van der Waals surface area contributed by atoms with Gasteiger partial charge in [0.25, 0.3) is 0 Å². The smallest absolute Gasteiger partial charge is 0.382 e. The van der Waals surface area contributed by atoms with Crippen molar-refractivity contribution < 1.29 is 9.90 Å². The molecule has 0 atom stereocenters. The van der Waals surface area contributed by atoms with Gasteiger partial charge in [0, 0.05) is 17.7 Å². The fourth-order valence-corrected chi connectivity index (χ4v) is 1.39. The van der Waals surface area contributed by atoms with Gasteiger partial charge in [0.2, 0.25) is 0 Å². The highest BCUT2D eigenvalue weighted by atomic mass is 16.4. The van der Waals surface area contributed by atoms with E-state index in [1.54, 1.807) is 12.3 Å². The summed E-state index contributed by atoms with van der Waals surface area (Å²) in [6.45, 7) is 0. The van der Waals surface area contributed by atoms with Crippen LogP contribution in [0.1, 0.15) is 5.69 Å². The lowest BCUT2D eigenvalue weighted by Gasteiger charge is -1.99. The van der Waals surface area contributed by atoms with Crippen molar-refractivity contribution in [3.05, 3.63) is 54.4 Å². The van der Waals surface area contributed by atoms with Crippen molar-refractivity contribution >= 4 is 5.97 Å². The first-order valence-corrected chi connectivity index (χ1v) is 5.02. The molecular formula is C14H9NO2. The summed E-state index contributed by atoms with van der Waals surface area (Å²) in [6, 6.07) is 13.4. The van der Waals surface area contributed by atoms with Crippen LogP contribution in [0.25, 0.3) is 11.1 Å². The molecular weight excluding hydrogens is 214 g/mol. The average Bonchev–Trinajstić information content (AvgIpc) is 2.38. The van der Waals surface area contributed by atoms with Gasteiger partial charge in [0.15, 0.2) is 0 Å². The van der Waals surface area contributed by atoms with Gasteiger partial charge in [-0.2, -0.15) is 0 Å². The average molecular weight is 223 g/mol. The number of nitrogens with zero attached hydrogens (tertiary/aromatic N) is 1. The van der Waals surface area contributed by atoms with E-state index in [1.165, 1.54) is 0 Å². The zero-order valence-corrected chi connectivity index (χ0v) is 8.92. The summed E-state index contributed by atoms with van der Waals surface area (Å²) in [5.41, 5.74) is 2.50. The number of aromatic nitrogens is 1. The number of aliphatic carboxylic acids is 1. The highest BCUT2D eigenvalue weighted by Gasteiger charge is 1.96. The van der Waals surface area contributed by atoms with Gasteiger partial charge in [-0.05, 0) is 17.6 Å². The Labute approximate surface area is 98.8 Å². The first-order valence-electron chi connectivity index (χ1n) is 5.02. The minimum absolute atomic E-state index is 0.451. The van der Waals surface area contributed by atoms with E-state index >= 15 is 0 Å². The van der Waals surface area contributed by atoms with Crippen molar-refractivity contribution in [3.8, 4) is 23.0 Å². The Hall–Kier alpha value is -2.60. The minimum Gasteiger partial charge on any atom is -0.472 e. The van der Waals surface area contributed by atoms with Crippen LogP contribution < -0.4 is 0 Å². The molecule has 1 N–H and O–H groups in total. The second kappa shape index (κ2) is 4.95. The van der Waals surface area contributed by atoms with Gasteiger partial charge >= 0.3 is 5.97 Å². The first-order chi connectivity index (χ1) is 8.25. The Kier molecular flexibility index (Phi) is 3.18. The molecule has 0 radical (unpaired) electrons. The normalized spacial score (nSPS) is 9.18. The Bertz CT molecular complexity index is 577. The van der Waals surface area contributed by atoms with E-state index < -0.39 is 5.97 Å². The van der Waals surface area contributed by atoms with Gasteiger partial charge in [-0.3, -0.25) is 0 Å². The Morgan fingerprint density at radius 2 is 1.82 bits per heavy atom. The summed E-state index contributed by atoms with van der Waals surface area (Å²) in [4.78, 5) is 14.3. The summed E-state index contributed by atoms with van der Waals surface area (Å²) < 4.78 is 0. The van der Waals surface area contributed by atoms with E-state index in [2.05, 4.69) is 10.9 Å². The number of pyridine rings is 1. The molecule has 3 heteroatoms. The molecule has 0 aliphatic heterocycles. The largest absolute Gasteiger partial charge is 0.472 e. The first kappa shape index (κ1) is 10.9. The van der Waals surface area contributed by atoms with Gasteiger partial charge < -0.3 is 5.11 Å². The maximum atomic E-state index is 10.3. The van der Waals surface area contributed by atoms with E-state index in [1.807, 2.05) is 42.3 Å². The van der Waals surface area contributed by atoms with Crippen molar-refractivity contribution in [2.45, 2.75) is 0 Å². The van der Waals surface area contributed by atoms with Crippen LogP contribution in [0.15, 0.2) is 48.7 Å². The van der Waals surface area contributed by atoms with Crippen LogP contribution in [-0.2, 0) is 4.79 Å². The third-order valence-electron chi connectivity index (χ3n) is 2.17. The van der Waals surface area contributed by atoms with E-state index in [0.717, 1.165) is 11.1 Å². The van der Waals surface area contributed by atoms with Gasteiger partial charge in [-0.1, -0.05) is 36.4 Å². The highest BCUT2D eigenvalue weighted by molar-refractivity contribution is 5.87. The molecule has 0 bridgehead atoms. The lowest BCUT2D eigenvalue weighted by Crippen LogP contribution is -1.89. The lowest BCUT2D eigenvalue weighted by molar-refractivity contribution is -0.130. The second-order valence-corrected chi connectivity index (χ2v) is 3.35. The number of rotatable bonds is 1. The Morgan fingerprint density at radius 1 is 1.06 bits per heavy atom. The van der Waals surface area contributed by atoms with Crippen molar-refractivity contribution in [2.75, 3.05) is 0 Å². The van der Waals surface area contributed by atoms with Gasteiger partial charge in [-0.15, -0.1) is 0 Å². The summed E-state index contributed by atoms with van der Waals surface area (Å²) >= 11 is 0. The molecule has 1 heterocycles. The molecule has 0 unspecified atom stereocenters. The standard InChI is InChI=1S/C14H9NO2/c16-14(17)9-8-13-7-6-12(10-15-13)11-4-2-1-3-5-11/h1-7,10H,(H,16,17). The maximum Gasteiger partial charge on any atom is 0.382 e. The number of benzene rings is 1. The Morgan fingerprint density at radius 3 is 2.41 bits per heavy atom. The number of hydrogen-bond donors (Lipinski definition) is 1. The molecule has 2 rings (SSSR count). The van der Waals surface area contributed by atoms with Crippen LogP contribution >= 0.6 is 0 Å². The zero-order valence-electron chi connectivity index (χ0n) is 8.92. The topological polar surface area (TPSA) is 50.2 Å². The molecule has 0 amide bonds. The molecule has 0 fully saturated rings. The van der Waals surface area contributed by atoms with Gasteiger partial charge in [-0.25, -0.2) is 9.78 Å². The van der Waals surface area contributed by atoms with Gasteiger partial charge in [0.05, 0.1) is 0 Å². The molecule has 17 heavy (non-hydrogen) atoms. The summed E-state index contributed by atoms with van der Waals surface area (Å²) in [7, 11) is 0. The summed E-state index contributed by atoms with van der Waals surface area (Å²) in [6.07, 6.45) is 1.68. The van der Waals surface area contributed by atoms with E-state index in [-0.39, 0.29) is 0 Å². The molecule has 0 saturated carbocycles. The molecule has 3 nitrogen and oxygen atoms in total. The second-order valence-electron chi connectivity index (χ2n) is 3.35.